The van der Waals surface area contributed by atoms with E-state index in [1.165, 1.54) is 0 Å². The fourth-order valence-electron chi connectivity index (χ4n) is 10.3. The molecule has 1 aliphatic heterocycles. The van der Waals surface area contributed by atoms with Gasteiger partial charge in [0.1, 0.15) is 0 Å². The molecule has 4 saturated carbocycles. The van der Waals surface area contributed by atoms with Gasteiger partial charge in [-0.2, -0.15) is 0 Å². The normalized spacial score (nSPS) is 54.6. The van der Waals surface area contributed by atoms with Crippen molar-refractivity contribution in [3.63, 3.8) is 0 Å². The van der Waals surface area contributed by atoms with Crippen molar-refractivity contribution in [2.75, 3.05) is 0 Å². The molecule has 0 spiro atoms. The Morgan fingerprint density at radius 1 is 0.829 bits per heavy atom. The fraction of sp³-hybridized carbons (Fsp3) is 1.00. The predicted molar refractivity (Wildman–Crippen MR) is 133 cm³/mol. The topological polar surface area (TPSA) is 110 Å². The molecule has 0 radical (unpaired) electrons. The molecule has 5 aliphatic rings. The lowest BCUT2D eigenvalue weighted by Gasteiger charge is -2.65. The Bertz CT molecular complexity index is 800. The Balaban J connectivity index is 1.39. The van der Waals surface area contributed by atoms with E-state index in [1.807, 2.05) is 0 Å². The number of aliphatic hydroxyl groups is 5. The van der Waals surface area contributed by atoms with E-state index in [9.17, 15) is 25.5 Å². The lowest BCUT2D eigenvalue weighted by atomic mass is 9.42. The van der Waals surface area contributed by atoms with Crippen molar-refractivity contribution < 1.29 is 30.3 Å². The lowest BCUT2D eigenvalue weighted by Crippen LogP contribution is -2.66. The standard InChI is InChI=1S/C29H50O6/c1-16(2)18-12-24(35-29(33,34)13-18)17(3)20-6-7-21-25-22(9-10-26(20,21)4)27(5)11-8-19(30)14-28(27,32)15-23(25)31/h16-25,30-34H,6-15H2,1-5H3/t17-,18-,19?,20+,21-,22-,23?,24?,25-,26+,27+,28?/m0/s1. The summed E-state index contributed by atoms with van der Waals surface area (Å²) in [5.41, 5.74) is -1.17. The lowest BCUT2D eigenvalue weighted by molar-refractivity contribution is -0.387. The molecule has 202 valence electrons. The van der Waals surface area contributed by atoms with Crippen molar-refractivity contribution in [1.82, 2.24) is 0 Å². The Hall–Kier alpha value is -0.240. The van der Waals surface area contributed by atoms with Crippen LogP contribution < -0.4 is 0 Å². The zero-order valence-electron chi connectivity index (χ0n) is 22.5. The first-order chi connectivity index (χ1) is 16.2. The van der Waals surface area contributed by atoms with Gasteiger partial charge in [-0.05, 0) is 97.2 Å². The third-order valence-electron chi connectivity index (χ3n) is 12.4. The maximum atomic E-state index is 11.7. The van der Waals surface area contributed by atoms with Crippen LogP contribution in [0.2, 0.25) is 0 Å². The molecule has 6 heteroatoms. The minimum Gasteiger partial charge on any atom is -0.393 e. The molecule has 5 N–H and O–H groups in total. The molecule has 1 saturated heterocycles. The van der Waals surface area contributed by atoms with Crippen molar-refractivity contribution in [3.8, 4) is 0 Å². The molecule has 1 heterocycles. The summed E-state index contributed by atoms with van der Waals surface area (Å²) in [5, 5.41) is 54.4. The first-order valence-electron chi connectivity index (χ1n) is 14.4. The highest BCUT2D eigenvalue weighted by Gasteiger charge is 2.67. The van der Waals surface area contributed by atoms with Crippen LogP contribution in [-0.4, -0.2) is 55.4 Å². The number of hydrogen-bond donors (Lipinski definition) is 5. The maximum absolute atomic E-state index is 11.7. The fourth-order valence-corrected chi connectivity index (χ4v) is 10.3. The third kappa shape index (κ3) is 4.04. The van der Waals surface area contributed by atoms with Crippen LogP contribution >= 0.6 is 0 Å². The van der Waals surface area contributed by atoms with Crippen LogP contribution in [0.15, 0.2) is 0 Å². The van der Waals surface area contributed by atoms with Gasteiger partial charge in [-0.3, -0.25) is 0 Å². The van der Waals surface area contributed by atoms with Crippen LogP contribution in [0, 0.1) is 52.3 Å². The highest BCUT2D eigenvalue weighted by Crippen LogP contribution is 2.69. The minimum atomic E-state index is -2.05. The van der Waals surface area contributed by atoms with Crippen LogP contribution in [0.25, 0.3) is 0 Å². The highest BCUT2D eigenvalue weighted by molar-refractivity contribution is 5.16. The smallest absolute Gasteiger partial charge is 0.278 e. The Kier molecular flexibility index (Phi) is 6.51. The second-order valence-electron chi connectivity index (χ2n) is 14.3. The summed E-state index contributed by atoms with van der Waals surface area (Å²) in [5.74, 6) is 0.0225. The molecule has 4 unspecified atom stereocenters. The van der Waals surface area contributed by atoms with Crippen LogP contribution in [0.5, 0.6) is 0 Å². The molecule has 12 atom stereocenters. The molecule has 6 nitrogen and oxygen atoms in total. The van der Waals surface area contributed by atoms with E-state index in [-0.39, 0.29) is 47.0 Å². The van der Waals surface area contributed by atoms with Gasteiger partial charge in [0.2, 0.25) is 0 Å². The summed E-state index contributed by atoms with van der Waals surface area (Å²) < 4.78 is 5.90. The monoisotopic (exact) mass is 494 g/mol. The van der Waals surface area contributed by atoms with Gasteiger partial charge >= 0.3 is 0 Å². The molecule has 0 bridgehead atoms. The van der Waals surface area contributed by atoms with Gasteiger partial charge in [0.25, 0.3) is 5.97 Å². The van der Waals surface area contributed by atoms with Gasteiger partial charge in [0.15, 0.2) is 0 Å². The molecule has 35 heavy (non-hydrogen) atoms. The number of hydrogen-bond acceptors (Lipinski definition) is 6. The van der Waals surface area contributed by atoms with Crippen LogP contribution in [-0.2, 0) is 4.74 Å². The number of aliphatic hydroxyl groups excluding tert-OH is 2. The zero-order chi connectivity index (χ0) is 25.6. The van der Waals surface area contributed by atoms with Crippen molar-refractivity contribution in [1.29, 1.82) is 0 Å². The largest absolute Gasteiger partial charge is 0.393 e. The van der Waals surface area contributed by atoms with E-state index in [2.05, 4.69) is 34.6 Å². The van der Waals surface area contributed by atoms with E-state index >= 15 is 0 Å². The van der Waals surface area contributed by atoms with E-state index in [1.54, 1.807) is 0 Å². The quantitative estimate of drug-likeness (QED) is 0.382. The summed E-state index contributed by atoms with van der Waals surface area (Å²) in [6.07, 6.45) is 6.46. The molecule has 0 amide bonds. The van der Waals surface area contributed by atoms with Gasteiger partial charge < -0.3 is 30.3 Å². The SMILES string of the molecule is CC(C)[C@H]1CC([C@@H](C)[C@H]2CC[C@H]3[C@@H]4C(O)CC5(O)CC(O)CC[C@]5(C)[C@H]4CC[C@]23C)OC(O)(O)C1. The summed E-state index contributed by atoms with van der Waals surface area (Å²) in [4.78, 5) is 0. The molecular formula is C29H50O6. The van der Waals surface area contributed by atoms with Gasteiger partial charge in [-0.15, -0.1) is 0 Å². The van der Waals surface area contributed by atoms with E-state index < -0.39 is 23.8 Å². The zero-order valence-corrected chi connectivity index (χ0v) is 22.5. The summed E-state index contributed by atoms with van der Waals surface area (Å²) in [7, 11) is 0. The molecule has 0 aromatic carbocycles. The molecule has 5 rings (SSSR count). The molecular weight excluding hydrogens is 444 g/mol. The summed E-state index contributed by atoms with van der Waals surface area (Å²) >= 11 is 0. The van der Waals surface area contributed by atoms with Crippen LogP contribution in [0.3, 0.4) is 0 Å². The molecule has 0 aromatic rings. The summed E-state index contributed by atoms with van der Waals surface area (Å²) in [6.45, 7) is 11.2. The number of fused-ring (bicyclic) bond motifs is 5. The van der Waals surface area contributed by atoms with Gasteiger partial charge in [0.05, 0.1) is 23.9 Å². The Morgan fingerprint density at radius 2 is 1.54 bits per heavy atom. The second-order valence-corrected chi connectivity index (χ2v) is 14.3. The van der Waals surface area contributed by atoms with Crippen LogP contribution in [0.4, 0.5) is 0 Å². The van der Waals surface area contributed by atoms with Crippen molar-refractivity contribution >= 4 is 0 Å². The molecule has 0 aromatic heterocycles. The van der Waals surface area contributed by atoms with Crippen molar-refractivity contribution in [2.45, 2.75) is 129 Å². The number of rotatable bonds is 3. The highest BCUT2D eigenvalue weighted by atomic mass is 16.8. The maximum Gasteiger partial charge on any atom is 0.278 e. The number of ether oxygens (including phenoxy) is 1. The first-order valence-corrected chi connectivity index (χ1v) is 14.4. The molecule has 4 aliphatic carbocycles. The molecule has 5 fully saturated rings. The van der Waals surface area contributed by atoms with Crippen molar-refractivity contribution in [2.24, 2.45) is 52.3 Å². The van der Waals surface area contributed by atoms with Crippen LogP contribution in [0.1, 0.15) is 98.8 Å². The van der Waals surface area contributed by atoms with Gasteiger partial charge in [-0.25, -0.2) is 0 Å². The first kappa shape index (κ1) is 26.4. The van der Waals surface area contributed by atoms with Crippen molar-refractivity contribution in [3.05, 3.63) is 0 Å². The van der Waals surface area contributed by atoms with Gasteiger partial charge in [-0.1, -0.05) is 34.6 Å². The van der Waals surface area contributed by atoms with Gasteiger partial charge in [0, 0.05) is 19.3 Å². The summed E-state index contributed by atoms with van der Waals surface area (Å²) in [6, 6.07) is 0. The predicted octanol–water partition coefficient (Wildman–Crippen LogP) is 3.82. The third-order valence-corrected chi connectivity index (χ3v) is 12.4. The average molecular weight is 495 g/mol. The second kappa shape index (κ2) is 8.64. The minimum absolute atomic E-state index is 0.0727. The van der Waals surface area contributed by atoms with E-state index in [0.717, 1.165) is 44.9 Å². The Labute approximate surface area is 211 Å². The van der Waals surface area contributed by atoms with E-state index in [4.69, 9.17) is 4.74 Å². The average Bonchev–Trinajstić information content (AvgIpc) is 3.10. The van der Waals surface area contributed by atoms with E-state index in [0.29, 0.717) is 30.6 Å². The Morgan fingerprint density at radius 3 is 2.23 bits per heavy atom.